The minimum Gasteiger partial charge on any atom is -0.467 e. The lowest BCUT2D eigenvalue weighted by Crippen LogP contribution is -1.97. The molecule has 2 heterocycles. The first kappa shape index (κ1) is 9.27. The van der Waals surface area contributed by atoms with Crippen LogP contribution >= 0.6 is 11.3 Å². The van der Waals surface area contributed by atoms with E-state index in [4.69, 9.17) is 4.42 Å². The van der Waals surface area contributed by atoms with Crippen LogP contribution in [0.1, 0.15) is 18.4 Å². The molecule has 0 unspecified atom stereocenters. The normalized spacial score (nSPS) is 10.4. The van der Waals surface area contributed by atoms with Crippen molar-refractivity contribution in [1.29, 1.82) is 0 Å². The van der Waals surface area contributed by atoms with E-state index in [0.29, 0.717) is 6.54 Å². The van der Waals surface area contributed by atoms with E-state index in [-0.39, 0.29) is 0 Å². The molecule has 0 atom stereocenters. The molecule has 4 heteroatoms. The number of thiazole rings is 1. The van der Waals surface area contributed by atoms with Crippen molar-refractivity contribution in [2.45, 2.75) is 19.9 Å². The van der Waals surface area contributed by atoms with E-state index in [1.54, 1.807) is 17.6 Å². The zero-order valence-corrected chi connectivity index (χ0v) is 8.80. The molecule has 0 amide bonds. The van der Waals surface area contributed by atoms with Gasteiger partial charge < -0.3 is 9.73 Å². The van der Waals surface area contributed by atoms with Gasteiger partial charge in [-0.15, -0.1) is 11.3 Å². The second-order valence-electron chi connectivity index (χ2n) is 2.93. The van der Waals surface area contributed by atoms with Crippen molar-refractivity contribution in [3.8, 4) is 0 Å². The molecule has 0 bridgehead atoms. The predicted octanol–water partition coefficient (Wildman–Crippen LogP) is 2.91. The van der Waals surface area contributed by atoms with Crippen LogP contribution < -0.4 is 5.32 Å². The van der Waals surface area contributed by atoms with E-state index in [2.05, 4.69) is 22.6 Å². The van der Waals surface area contributed by atoms with Crippen LogP contribution in [-0.2, 0) is 13.0 Å². The predicted molar refractivity (Wildman–Crippen MR) is 57.5 cm³/mol. The Bertz CT molecular complexity index is 380. The van der Waals surface area contributed by atoms with Gasteiger partial charge in [0.1, 0.15) is 5.76 Å². The summed E-state index contributed by atoms with van der Waals surface area (Å²) >= 11 is 1.63. The Hall–Kier alpha value is -1.29. The van der Waals surface area contributed by atoms with Crippen LogP contribution in [0.4, 0.5) is 5.13 Å². The van der Waals surface area contributed by atoms with E-state index < -0.39 is 0 Å². The lowest BCUT2D eigenvalue weighted by atomic mass is 10.4. The fraction of sp³-hybridized carbons (Fsp3) is 0.300. The lowest BCUT2D eigenvalue weighted by Gasteiger charge is -1.97. The Morgan fingerprint density at radius 1 is 1.57 bits per heavy atom. The summed E-state index contributed by atoms with van der Waals surface area (Å²) in [5, 5.41) is 6.25. The second kappa shape index (κ2) is 4.28. The highest BCUT2D eigenvalue weighted by molar-refractivity contribution is 7.13. The molecule has 2 aromatic rings. The largest absolute Gasteiger partial charge is 0.467 e. The van der Waals surface area contributed by atoms with Gasteiger partial charge in [0.25, 0.3) is 0 Å². The van der Waals surface area contributed by atoms with Crippen LogP contribution in [0.3, 0.4) is 0 Å². The second-order valence-corrected chi connectivity index (χ2v) is 3.79. The number of aromatic nitrogens is 1. The maximum Gasteiger partial charge on any atom is 0.183 e. The number of nitrogens with zero attached hydrogens (tertiary/aromatic N) is 1. The fourth-order valence-electron chi connectivity index (χ4n) is 1.13. The highest BCUT2D eigenvalue weighted by atomic mass is 32.1. The summed E-state index contributed by atoms with van der Waals surface area (Å²) in [6.07, 6.45) is 2.66. The average Bonchev–Trinajstić information content (AvgIpc) is 2.86. The van der Waals surface area contributed by atoms with Crippen LogP contribution in [0, 0.1) is 0 Å². The first-order valence-electron chi connectivity index (χ1n) is 4.59. The summed E-state index contributed by atoms with van der Waals surface area (Å²) in [5.74, 6) is 0.929. The SMILES string of the molecule is CCc1csc(NCc2ccco2)n1. The summed E-state index contributed by atoms with van der Waals surface area (Å²) in [5.41, 5.74) is 1.14. The van der Waals surface area contributed by atoms with Crippen LogP contribution in [0.25, 0.3) is 0 Å². The van der Waals surface area contributed by atoms with Gasteiger partial charge in [-0.2, -0.15) is 0 Å². The first-order valence-corrected chi connectivity index (χ1v) is 5.47. The van der Waals surface area contributed by atoms with Crippen molar-refractivity contribution in [2.24, 2.45) is 0 Å². The minimum atomic E-state index is 0.698. The van der Waals surface area contributed by atoms with E-state index in [1.807, 2.05) is 12.1 Å². The Morgan fingerprint density at radius 2 is 2.50 bits per heavy atom. The van der Waals surface area contributed by atoms with Crippen molar-refractivity contribution in [3.63, 3.8) is 0 Å². The third-order valence-corrected chi connectivity index (χ3v) is 2.76. The zero-order chi connectivity index (χ0) is 9.80. The molecule has 14 heavy (non-hydrogen) atoms. The average molecular weight is 208 g/mol. The van der Waals surface area contributed by atoms with Crippen molar-refractivity contribution in [2.75, 3.05) is 5.32 Å². The summed E-state index contributed by atoms with van der Waals surface area (Å²) < 4.78 is 5.20. The Kier molecular flexibility index (Phi) is 2.84. The summed E-state index contributed by atoms with van der Waals surface area (Å²) in [6.45, 7) is 2.80. The van der Waals surface area contributed by atoms with Crippen molar-refractivity contribution >= 4 is 16.5 Å². The smallest absolute Gasteiger partial charge is 0.183 e. The maximum atomic E-state index is 5.20. The van der Waals surface area contributed by atoms with Gasteiger partial charge >= 0.3 is 0 Å². The molecule has 74 valence electrons. The summed E-state index contributed by atoms with van der Waals surface area (Å²) in [7, 11) is 0. The highest BCUT2D eigenvalue weighted by Crippen LogP contribution is 2.16. The number of hydrogen-bond donors (Lipinski definition) is 1. The third kappa shape index (κ3) is 2.14. The highest BCUT2D eigenvalue weighted by Gasteiger charge is 2.00. The monoisotopic (exact) mass is 208 g/mol. The van der Waals surface area contributed by atoms with Gasteiger partial charge in [0.05, 0.1) is 18.5 Å². The number of nitrogens with one attached hydrogen (secondary N) is 1. The first-order chi connectivity index (χ1) is 6.88. The molecule has 0 radical (unpaired) electrons. The molecule has 0 saturated carbocycles. The topological polar surface area (TPSA) is 38.1 Å². The van der Waals surface area contributed by atoms with Gasteiger partial charge in [-0.25, -0.2) is 4.98 Å². The molecule has 0 aliphatic carbocycles. The molecule has 1 N–H and O–H groups in total. The molecule has 0 fully saturated rings. The molecule has 3 nitrogen and oxygen atoms in total. The number of rotatable bonds is 4. The lowest BCUT2D eigenvalue weighted by molar-refractivity contribution is 0.518. The van der Waals surface area contributed by atoms with Crippen molar-refractivity contribution in [1.82, 2.24) is 4.98 Å². The van der Waals surface area contributed by atoms with Gasteiger partial charge in [0.15, 0.2) is 5.13 Å². The molecule has 2 rings (SSSR count). The molecule has 0 saturated heterocycles. The van der Waals surface area contributed by atoms with Gasteiger partial charge in [0.2, 0.25) is 0 Å². The van der Waals surface area contributed by atoms with Gasteiger partial charge in [-0.3, -0.25) is 0 Å². The standard InChI is InChI=1S/C10H12N2OS/c1-2-8-7-14-10(12-8)11-6-9-4-3-5-13-9/h3-5,7H,2,6H2,1H3,(H,11,12). The number of anilines is 1. The quantitative estimate of drug-likeness (QED) is 0.839. The molecule has 0 spiro atoms. The third-order valence-electron chi connectivity index (χ3n) is 1.91. The zero-order valence-electron chi connectivity index (χ0n) is 7.99. The van der Waals surface area contributed by atoms with E-state index in [1.165, 1.54) is 0 Å². The molecule has 0 aliphatic rings. The van der Waals surface area contributed by atoms with Crippen LogP contribution in [0.5, 0.6) is 0 Å². The summed E-state index contributed by atoms with van der Waals surface area (Å²) in [6, 6.07) is 3.83. The van der Waals surface area contributed by atoms with E-state index >= 15 is 0 Å². The Morgan fingerprint density at radius 3 is 3.14 bits per heavy atom. The van der Waals surface area contributed by atoms with Crippen LogP contribution in [-0.4, -0.2) is 4.98 Å². The van der Waals surface area contributed by atoms with E-state index in [9.17, 15) is 0 Å². The molecule has 0 aliphatic heterocycles. The van der Waals surface area contributed by atoms with Gasteiger partial charge in [-0.1, -0.05) is 6.92 Å². The molecular weight excluding hydrogens is 196 g/mol. The minimum absolute atomic E-state index is 0.698. The van der Waals surface area contributed by atoms with Crippen molar-refractivity contribution < 1.29 is 4.42 Å². The molecule has 2 aromatic heterocycles. The van der Waals surface area contributed by atoms with Gasteiger partial charge in [-0.05, 0) is 18.6 Å². The number of furan rings is 1. The maximum absolute atomic E-state index is 5.20. The Balaban J connectivity index is 1.92. The number of aryl methyl sites for hydroxylation is 1. The molecule has 0 aromatic carbocycles. The number of hydrogen-bond acceptors (Lipinski definition) is 4. The van der Waals surface area contributed by atoms with E-state index in [0.717, 1.165) is 23.0 Å². The van der Waals surface area contributed by atoms with Crippen LogP contribution in [0.15, 0.2) is 28.2 Å². The van der Waals surface area contributed by atoms with Crippen molar-refractivity contribution in [3.05, 3.63) is 35.2 Å². The van der Waals surface area contributed by atoms with Gasteiger partial charge in [0, 0.05) is 5.38 Å². The fourth-order valence-corrected chi connectivity index (χ4v) is 1.92. The summed E-state index contributed by atoms with van der Waals surface area (Å²) in [4.78, 5) is 4.39. The van der Waals surface area contributed by atoms with Crippen LogP contribution in [0.2, 0.25) is 0 Å². The Labute approximate surface area is 86.8 Å². The molecular formula is C10H12N2OS.